The minimum Gasteiger partial charge on any atom is -0.367 e. The molecular weight excluding hydrogens is 300 g/mol. The predicted octanol–water partition coefficient (Wildman–Crippen LogP) is 3.46. The Balaban J connectivity index is 1.60. The average molecular weight is 324 g/mol. The Kier molecular flexibility index (Phi) is 5.41. The molecule has 2 N–H and O–H groups in total. The minimum atomic E-state index is -0.174. The zero-order valence-electron chi connectivity index (χ0n) is 14.1. The largest absolute Gasteiger partial charge is 0.367 e. The van der Waals surface area contributed by atoms with Gasteiger partial charge in [0.25, 0.3) is 5.91 Å². The predicted molar refractivity (Wildman–Crippen MR) is 94.9 cm³/mol. The second kappa shape index (κ2) is 7.90. The van der Waals surface area contributed by atoms with Gasteiger partial charge >= 0.3 is 0 Å². The highest BCUT2D eigenvalue weighted by molar-refractivity contribution is 5.92. The fourth-order valence-electron chi connectivity index (χ4n) is 3.09. The molecule has 0 aliphatic heterocycles. The number of hydrogen-bond acceptors (Lipinski definition) is 4. The molecule has 0 bridgehead atoms. The van der Waals surface area contributed by atoms with Crippen LogP contribution in [0.15, 0.2) is 36.7 Å². The maximum Gasteiger partial charge on any atom is 0.270 e. The van der Waals surface area contributed by atoms with Crippen molar-refractivity contribution in [3.05, 3.63) is 53.5 Å². The third-order valence-corrected chi connectivity index (χ3v) is 4.56. The minimum absolute atomic E-state index is 0.174. The van der Waals surface area contributed by atoms with Crippen LogP contribution < -0.4 is 10.6 Å². The van der Waals surface area contributed by atoms with Crippen molar-refractivity contribution < 1.29 is 4.79 Å². The van der Waals surface area contributed by atoms with E-state index < -0.39 is 0 Å². The van der Waals surface area contributed by atoms with E-state index in [-0.39, 0.29) is 5.91 Å². The van der Waals surface area contributed by atoms with Crippen molar-refractivity contribution in [2.24, 2.45) is 0 Å². The van der Waals surface area contributed by atoms with Gasteiger partial charge in [-0.1, -0.05) is 43.5 Å². The summed E-state index contributed by atoms with van der Waals surface area (Å²) < 4.78 is 0. The summed E-state index contributed by atoms with van der Waals surface area (Å²) >= 11 is 0. The van der Waals surface area contributed by atoms with Gasteiger partial charge in [0.2, 0.25) is 0 Å². The first-order chi connectivity index (χ1) is 11.7. The van der Waals surface area contributed by atoms with Crippen LogP contribution in [0.3, 0.4) is 0 Å². The molecule has 126 valence electrons. The number of carbonyl (C=O) groups is 1. The quantitative estimate of drug-likeness (QED) is 0.884. The van der Waals surface area contributed by atoms with Crippen LogP contribution in [0.4, 0.5) is 5.82 Å². The van der Waals surface area contributed by atoms with Crippen LogP contribution >= 0.6 is 0 Å². The summed E-state index contributed by atoms with van der Waals surface area (Å²) in [5.41, 5.74) is 2.68. The zero-order chi connectivity index (χ0) is 16.8. The molecule has 2 aromatic rings. The number of anilines is 1. The van der Waals surface area contributed by atoms with Gasteiger partial charge in [-0.15, -0.1) is 0 Å². The number of nitrogens with one attached hydrogen (secondary N) is 2. The molecule has 0 saturated heterocycles. The van der Waals surface area contributed by atoms with E-state index in [4.69, 9.17) is 0 Å². The Bertz CT molecular complexity index is 695. The van der Waals surface area contributed by atoms with Gasteiger partial charge in [0, 0.05) is 18.7 Å². The lowest BCUT2D eigenvalue weighted by Gasteiger charge is -2.23. The lowest BCUT2D eigenvalue weighted by Crippen LogP contribution is -2.26. The Morgan fingerprint density at radius 1 is 1.17 bits per heavy atom. The summed E-state index contributed by atoms with van der Waals surface area (Å²) in [6, 6.07) is 10.2. The number of nitrogens with zero attached hydrogens (tertiary/aromatic N) is 2. The molecule has 1 amide bonds. The van der Waals surface area contributed by atoms with Crippen LogP contribution in [-0.4, -0.2) is 21.9 Å². The van der Waals surface area contributed by atoms with E-state index in [0.29, 0.717) is 18.3 Å². The summed E-state index contributed by atoms with van der Waals surface area (Å²) in [5.74, 6) is 0.560. The van der Waals surface area contributed by atoms with Gasteiger partial charge in [-0.2, -0.15) is 0 Å². The molecule has 1 aliphatic rings. The molecule has 0 unspecified atom stereocenters. The molecule has 3 rings (SSSR count). The number of benzene rings is 1. The number of amides is 1. The van der Waals surface area contributed by atoms with Gasteiger partial charge in [0.05, 0.1) is 0 Å². The van der Waals surface area contributed by atoms with E-state index in [0.717, 1.165) is 11.4 Å². The fraction of sp³-hybridized carbons (Fsp3) is 0.421. The van der Waals surface area contributed by atoms with Crippen molar-refractivity contribution in [2.75, 3.05) is 5.32 Å². The van der Waals surface area contributed by atoms with E-state index in [2.05, 4.69) is 20.6 Å². The number of aromatic nitrogens is 2. The molecule has 1 heterocycles. The number of hydrogen-bond donors (Lipinski definition) is 2. The zero-order valence-corrected chi connectivity index (χ0v) is 14.1. The highest BCUT2D eigenvalue weighted by Crippen LogP contribution is 2.20. The van der Waals surface area contributed by atoms with E-state index >= 15 is 0 Å². The summed E-state index contributed by atoms with van der Waals surface area (Å²) in [6.45, 7) is 2.54. The molecule has 1 saturated carbocycles. The van der Waals surface area contributed by atoms with E-state index in [1.807, 2.05) is 31.2 Å². The number of rotatable bonds is 5. The van der Waals surface area contributed by atoms with Gasteiger partial charge in [0.15, 0.2) is 0 Å². The van der Waals surface area contributed by atoms with E-state index in [9.17, 15) is 4.79 Å². The van der Waals surface area contributed by atoms with Crippen molar-refractivity contribution in [3.63, 3.8) is 0 Å². The normalized spacial score (nSPS) is 15.0. The van der Waals surface area contributed by atoms with Gasteiger partial charge < -0.3 is 10.6 Å². The fourth-order valence-corrected chi connectivity index (χ4v) is 3.09. The summed E-state index contributed by atoms with van der Waals surface area (Å²) in [5, 5.41) is 6.36. The second-order valence-corrected chi connectivity index (χ2v) is 6.38. The highest BCUT2D eigenvalue weighted by atomic mass is 16.1. The molecule has 1 fully saturated rings. The van der Waals surface area contributed by atoms with Crippen LogP contribution in [0.25, 0.3) is 0 Å². The smallest absolute Gasteiger partial charge is 0.270 e. The SMILES string of the molecule is Cc1ccccc1CNC(=O)c1cc(NC2CCCCC2)ncn1. The molecule has 0 spiro atoms. The lowest BCUT2D eigenvalue weighted by atomic mass is 9.95. The summed E-state index contributed by atoms with van der Waals surface area (Å²) in [7, 11) is 0. The van der Waals surface area contributed by atoms with Crippen molar-refractivity contribution in [2.45, 2.75) is 51.6 Å². The second-order valence-electron chi connectivity index (χ2n) is 6.38. The van der Waals surface area contributed by atoms with Gasteiger partial charge in [-0.3, -0.25) is 4.79 Å². The maximum absolute atomic E-state index is 12.3. The average Bonchev–Trinajstić information content (AvgIpc) is 2.62. The third-order valence-electron chi connectivity index (χ3n) is 4.56. The molecule has 1 aliphatic carbocycles. The lowest BCUT2D eigenvalue weighted by molar-refractivity contribution is 0.0945. The first kappa shape index (κ1) is 16.4. The molecule has 24 heavy (non-hydrogen) atoms. The van der Waals surface area contributed by atoms with Crippen LogP contribution in [-0.2, 0) is 6.54 Å². The van der Waals surface area contributed by atoms with E-state index in [1.54, 1.807) is 6.07 Å². The van der Waals surface area contributed by atoms with Crippen molar-refractivity contribution in [3.8, 4) is 0 Å². The Hall–Kier alpha value is -2.43. The van der Waals surface area contributed by atoms with Crippen LogP contribution in [0.2, 0.25) is 0 Å². The van der Waals surface area contributed by atoms with Crippen molar-refractivity contribution in [1.82, 2.24) is 15.3 Å². The Labute approximate surface area is 142 Å². The van der Waals surface area contributed by atoms with Crippen LogP contribution in [0, 0.1) is 6.92 Å². The van der Waals surface area contributed by atoms with Gasteiger partial charge in [-0.25, -0.2) is 9.97 Å². The van der Waals surface area contributed by atoms with Crippen molar-refractivity contribution in [1.29, 1.82) is 0 Å². The Morgan fingerprint density at radius 2 is 1.96 bits per heavy atom. The maximum atomic E-state index is 12.3. The molecule has 1 aromatic carbocycles. The molecule has 1 aromatic heterocycles. The number of carbonyl (C=O) groups excluding carboxylic acids is 1. The standard InChI is InChI=1S/C19H24N4O/c1-14-7-5-6-8-15(14)12-20-19(24)17-11-18(22-13-21-17)23-16-9-3-2-4-10-16/h5-8,11,13,16H,2-4,9-10,12H2,1H3,(H,20,24)(H,21,22,23). The monoisotopic (exact) mass is 324 g/mol. The first-order valence-corrected chi connectivity index (χ1v) is 8.63. The van der Waals surface area contributed by atoms with Crippen LogP contribution in [0.1, 0.15) is 53.7 Å². The highest BCUT2D eigenvalue weighted by Gasteiger charge is 2.15. The summed E-state index contributed by atoms with van der Waals surface area (Å²) in [4.78, 5) is 20.7. The topological polar surface area (TPSA) is 66.9 Å². The van der Waals surface area contributed by atoms with Crippen molar-refractivity contribution >= 4 is 11.7 Å². The summed E-state index contributed by atoms with van der Waals surface area (Å²) in [6.07, 6.45) is 7.61. The van der Waals surface area contributed by atoms with Crippen LogP contribution in [0.5, 0.6) is 0 Å². The third kappa shape index (κ3) is 4.31. The molecule has 5 heteroatoms. The molecular formula is C19H24N4O. The first-order valence-electron chi connectivity index (χ1n) is 8.63. The van der Waals surface area contributed by atoms with E-state index in [1.165, 1.54) is 44.0 Å². The molecule has 0 radical (unpaired) electrons. The van der Waals surface area contributed by atoms with Gasteiger partial charge in [0.1, 0.15) is 17.8 Å². The van der Waals surface area contributed by atoms with Gasteiger partial charge in [-0.05, 0) is 30.9 Å². The number of aryl methyl sites for hydroxylation is 1. The Morgan fingerprint density at radius 3 is 2.75 bits per heavy atom. The molecule has 5 nitrogen and oxygen atoms in total. The molecule has 0 atom stereocenters.